The normalized spacial score (nSPS) is 31.7. The molecule has 0 aromatic carbocycles. The zero-order chi connectivity index (χ0) is 11.5. The van der Waals surface area contributed by atoms with E-state index < -0.39 is 5.54 Å². The van der Waals surface area contributed by atoms with Crippen LogP contribution in [0.4, 0.5) is 0 Å². The molecule has 1 saturated carbocycles. The molecule has 0 spiro atoms. The highest BCUT2D eigenvalue weighted by Crippen LogP contribution is 2.33. The van der Waals surface area contributed by atoms with Crippen molar-refractivity contribution < 1.29 is 9.53 Å². The molecule has 1 fully saturated rings. The molecular weight excluding hydrogens is 190 g/mol. The van der Waals surface area contributed by atoms with Crippen LogP contribution in [0.15, 0.2) is 0 Å². The first-order valence-corrected chi connectivity index (χ1v) is 5.98. The van der Waals surface area contributed by atoms with Gasteiger partial charge in [-0.2, -0.15) is 0 Å². The lowest BCUT2D eigenvalue weighted by Gasteiger charge is -2.35. The van der Waals surface area contributed by atoms with E-state index in [9.17, 15) is 4.79 Å². The Morgan fingerprint density at radius 3 is 2.40 bits per heavy atom. The van der Waals surface area contributed by atoms with Gasteiger partial charge in [0.1, 0.15) is 5.54 Å². The Hall–Kier alpha value is -0.570. The maximum atomic E-state index is 11.8. The molecule has 0 aromatic heterocycles. The van der Waals surface area contributed by atoms with Crippen molar-refractivity contribution in [3.05, 3.63) is 0 Å². The zero-order valence-electron chi connectivity index (χ0n) is 10.1. The second-order valence-electron chi connectivity index (χ2n) is 4.96. The molecule has 15 heavy (non-hydrogen) atoms. The van der Waals surface area contributed by atoms with Crippen molar-refractivity contribution in [3.8, 4) is 0 Å². The molecular formula is C12H23NO2. The summed E-state index contributed by atoms with van der Waals surface area (Å²) in [6, 6.07) is 0. The third-order valence-corrected chi connectivity index (χ3v) is 3.32. The van der Waals surface area contributed by atoms with E-state index in [-0.39, 0.29) is 12.1 Å². The minimum Gasteiger partial charge on any atom is -0.462 e. The van der Waals surface area contributed by atoms with Crippen molar-refractivity contribution >= 4 is 5.97 Å². The van der Waals surface area contributed by atoms with Crippen LogP contribution in [0.2, 0.25) is 0 Å². The average Bonchev–Trinajstić information content (AvgIpc) is 2.18. The van der Waals surface area contributed by atoms with Crippen LogP contribution in [0.25, 0.3) is 0 Å². The molecule has 0 aliphatic heterocycles. The van der Waals surface area contributed by atoms with Gasteiger partial charge >= 0.3 is 5.97 Å². The number of carbonyl (C=O) groups excluding carboxylic acids is 1. The van der Waals surface area contributed by atoms with Crippen molar-refractivity contribution in [3.63, 3.8) is 0 Å². The van der Waals surface area contributed by atoms with Crippen molar-refractivity contribution in [1.29, 1.82) is 0 Å². The second kappa shape index (κ2) is 4.97. The molecule has 0 bridgehead atoms. The van der Waals surface area contributed by atoms with Gasteiger partial charge in [-0.15, -0.1) is 0 Å². The predicted molar refractivity (Wildman–Crippen MR) is 60.4 cm³/mol. The predicted octanol–water partition coefficient (Wildman–Crippen LogP) is 2.24. The van der Waals surface area contributed by atoms with Crippen molar-refractivity contribution in [2.24, 2.45) is 11.7 Å². The number of esters is 1. The second-order valence-corrected chi connectivity index (χ2v) is 4.96. The summed E-state index contributed by atoms with van der Waals surface area (Å²) in [4.78, 5) is 11.8. The Balaban J connectivity index is 2.50. The maximum absolute atomic E-state index is 11.8. The summed E-state index contributed by atoms with van der Waals surface area (Å²) in [5, 5.41) is 0. The van der Waals surface area contributed by atoms with Gasteiger partial charge in [-0.3, -0.25) is 4.79 Å². The van der Waals surface area contributed by atoms with Crippen LogP contribution in [-0.4, -0.2) is 17.6 Å². The summed E-state index contributed by atoms with van der Waals surface area (Å²) in [5.74, 6) is 0.528. The highest BCUT2D eigenvalue weighted by molar-refractivity contribution is 5.80. The molecule has 0 heterocycles. The topological polar surface area (TPSA) is 52.3 Å². The van der Waals surface area contributed by atoms with Crippen LogP contribution < -0.4 is 5.73 Å². The summed E-state index contributed by atoms with van der Waals surface area (Å²) in [5.41, 5.74) is 5.38. The Kier molecular flexibility index (Phi) is 4.14. The third-order valence-electron chi connectivity index (χ3n) is 3.32. The largest absolute Gasteiger partial charge is 0.462 e. The van der Waals surface area contributed by atoms with Gasteiger partial charge in [0.25, 0.3) is 0 Å². The molecule has 3 nitrogen and oxygen atoms in total. The Bertz CT molecular complexity index is 218. The van der Waals surface area contributed by atoms with Gasteiger partial charge in [-0.1, -0.05) is 13.3 Å². The van der Waals surface area contributed by atoms with E-state index in [2.05, 4.69) is 6.92 Å². The molecule has 0 aromatic rings. The van der Waals surface area contributed by atoms with E-state index in [1.807, 2.05) is 13.8 Å². The van der Waals surface area contributed by atoms with Crippen LogP contribution in [0, 0.1) is 5.92 Å². The first-order chi connectivity index (χ1) is 6.98. The van der Waals surface area contributed by atoms with Gasteiger partial charge in [0.05, 0.1) is 6.10 Å². The number of ether oxygens (including phenoxy) is 1. The van der Waals surface area contributed by atoms with E-state index in [1.54, 1.807) is 0 Å². The van der Waals surface area contributed by atoms with Gasteiger partial charge in [-0.05, 0) is 45.4 Å². The van der Waals surface area contributed by atoms with E-state index >= 15 is 0 Å². The highest BCUT2D eigenvalue weighted by Gasteiger charge is 2.39. The SMILES string of the molecule is CCC1CCC(N)(C(=O)OC(C)C)CC1. The Labute approximate surface area is 92.4 Å². The molecule has 1 aliphatic carbocycles. The van der Waals surface area contributed by atoms with Crippen LogP contribution in [0.5, 0.6) is 0 Å². The first-order valence-electron chi connectivity index (χ1n) is 5.98. The van der Waals surface area contributed by atoms with Crippen LogP contribution in [0.3, 0.4) is 0 Å². The van der Waals surface area contributed by atoms with Crippen LogP contribution >= 0.6 is 0 Å². The molecule has 2 N–H and O–H groups in total. The van der Waals surface area contributed by atoms with E-state index in [4.69, 9.17) is 10.5 Å². The summed E-state index contributed by atoms with van der Waals surface area (Å²) in [6.45, 7) is 5.92. The third kappa shape index (κ3) is 3.20. The zero-order valence-corrected chi connectivity index (χ0v) is 10.1. The Morgan fingerprint density at radius 2 is 2.00 bits per heavy atom. The van der Waals surface area contributed by atoms with Crippen LogP contribution in [-0.2, 0) is 9.53 Å². The fraction of sp³-hybridized carbons (Fsp3) is 0.917. The number of hydrogen-bond donors (Lipinski definition) is 1. The molecule has 88 valence electrons. The average molecular weight is 213 g/mol. The molecule has 1 aliphatic rings. The van der Waals surface area contributed by atoms with Gasteiger partial charge in [0.15, 0.2) is 0 Å². The van der Waals surface area contributed by atoms with Crippen molar-refractivity contribution in [2.45, 2.75) is 64.5 Å². The molecule has 0 saturated heterocycles. The molecule has 0 amide bonds. The Morgan fingerprint density at radius 1 is 1.47 bits per heavy atom. The lowest BCUT2D eigenvalue weighted by molar-refractivity contribution is -0.155. The van der Waals surface area contributed by atoms with Gasteiger partial charge < -0.3 is 10.5 Å². The smallest absolute Gasteiger partial charge is 0.326 e. The molecule has 1 rings (SSSR count). The van der Waals surface area contributed by atoms with E-state index in [0.717, 1.165) is 31.6 Å². The van der Waals surface area contributed by atoms with Crippen molar-refractivity contribution in [2.75, 3.05) is 0 Å². The quantitative estimate of drug-likeness (QED) is 0.731. The van der Waals surface area contributed by atoms with Gasteiger partial charge in [0.2, 0.25) is 0 Å². The summed E-state index contributed by atoms with van der Waals surface area (Å²) in [6.07, 6.45) is 4.78. The molecule has 0 radical (unpaired) electrons. The minimum atomic E-state index is -0.712. The standard InChI is InChI=1S/C12H23NO2/c1-4-10-5-7-12(13,8-6-10)11(14)15-9(2)3/h9-10H,4-8,13H2,1-3H3. The minimum absolute atomic E-state index is 0.0678. The highest BCUT2D eigenvalue weighted by atomic mass is 16.5. The van der Waals surface area contributed by atoms with Gasteiger partial charge in [-0.25, -0.2) is 0 Å². The lowest BCUT2D eigenvalue weighted by atomic mass is 9.76. The molecule has 0 unspecified atom stereocenters. The van der Waals surface area contributed by atoms with E-state index in [0.29, 0.717) is 0 Å². The number of carbonyl (C=O) groups is 1. The van der Waals surface area contributed by atoms with Crippen LogP contribution in [0.1, 0.15) is 52.9 Å². The summed E-state index contributed by atoms with van der Waals surface area (Å²) < 4.78 is 5.20. The number of nitrogens with two attached hydrogens (primary N) is 1. The van der Waals surface area contributed by atoms with E-state index in [1.165, 1.54) is 6.42 Å². The summed E-state index contributed by atoms with van der Waals surface area (Å²) in [7, 11) is 0. The maximum Gasteiger partial charge on any atom is 0.326 e. The first kappa shape index (κ1) is 12.5. The summed E-state index contributed by atoms with van der Waals surface area (Å²) >= 11 is 0. The van der Waals surface area contributed by atoms with Gasteiger partial charge in [0, 0.05) is 0 Å². The molecule has 0 atom stereocenters. The van der Waals surface area contributed by atoms with Crippen molar-refractivity contribution in [1.82, 2.24) is 0 Å². The fourth-order valence-electron chi connectivity index (χ4n) is 2.14. The molecule has 3 heteroatoms. The monoisotopic (exact) mass is 213 g/mol. The number of hydrogen-bond acceptors (Lipinski definition) is 3. The fourth-order valence-corrected chi connectivity index (χ4v) is 2.14. The lowest BCUT2D eigenvalue weighted by Crippen LogP contribution is -2.52. The number of rotatable bonds is 3.